The van der Waals surface area contributed by atoms with Crippen LogP contribution in [0.3, 0.4) is 0 Å². The zero-order valence-corrected chi connectivity index (χ0v) is 20.5. The van der Waals surface area contributed by atoms with Crippen molar-refractivity contribution in [3.05, 3.63) is 89.9 Å². The molecule has 0 radical (unpaired) electrons. The fourth-order valence-corrected chi connectivity index (χ4v) is 5.10. The standard InChI is InChI=1S/C29H33N5O/c1-3-25(28-24-10-5-4-6-11-26(24)32-29(28)35)31-27-19-23(13-12-21(27)2)34-17-15-33(16-18-34)20-22-9-7-8-14-30-22/h4-14,19,24,28H,3,15-18,20H2,1-2H3,(H,32,35). The Morgan fingerprint density at radius 3 is 2.74 bits per heavy atom. The molecule has 1 aromatic carbocycles. The second-order valence-electron chi connectivity index (χ2n) is 9.40. The largest absolute Gasteiger partial charge is 0.369 e. The van der Waals surface area contributed by atoms with Crippen LogP contribution in [0.4, 0.5) is 11.4 Å². The van der Waals surface area contributed by atoms with Gasteiger partial charge in [-0.3, -0.25) is 19.7 Å². The van der Waals surface area contributed by atoms with E-state index in [1.54, 1.807) is 0 Å². The minimum Gasteiger partial charge on any atom is -0.369 e. The normalized spacial score (nSPS) is 22.6. The number of carbonyl (C=O) groups is 1. The highest BCUT2D eigenvalue weighted by Gasteiger charge is 2.39. The average molecular weight is 468 g/mol. The van der Waals surface area contributed by atoms with Gasteiger partial charge in [-0.2, -0.15) is 0 Å². The molecule has 0 saturated carbocycles. The van der Waals surface area contributed by atoms with Crippen molar-refractivity contribution < 1.29 is 4.79 Å². The summed E-state index contributed by atoms with van der Waals surface area (Å²) in [6.07, 6.45) is 12.7. The summed E-state index contributed by atoms with van der Waals surface area (Å²) >= 11 is 0. The number of allylic oxidation sites excluding steroid dienone is 5. The van der Waals surface area contributed by atoms with Crippen LogP contribution in [0, 0.1) is 18.8 Å². The summed E-state index contributed by atoms with van der Waals surface area (Å²) in [7, 11) is 0. The van der Waals surface area contributed by atoms with E-state index < -0.39 is 0 Å². The van der Waals surface area contributed by atoms with Crippen molar-refractivity contribution in [2.45, 2.75) is 26.8 Å². The summed E-state index contributed by atoms with van der Waals surface area (Å²) in [4.78, 5) is 27.3. The molecule has 2 saturated heterocycles. The van der Waals surface area contributed by atoms with Crippen molar-refractivity contribution in [3.8, 4) is 0 Å². The van der Waals surface area contributed by atoms with Crippen LogP contribution in [0.15, 0.2) is 83.7 Å². The minimum atomic E-state index is -0.263. The molecular weight excluding hydrogens is 434 g/mol. The van der Waals surface area contributed by atoms with Crippen molar-refractivity contribution in [2.75, 3.05) is 31.1 Å². The molecular formula is C29H33N5O. The number of aliphatic imine (C=N–C) groups is 1. The number of piperazine rings is 1. The fourth-order valence-electron chi connectivity index (χ4n) is 5.10. The number of amides is 1. The van der Waals surface area contributed by atoms with Crippen LogP contribution >= 0.6 is 0 Å². The quantitative estimate of drug-likeness (QED) is 0.633. The van der Waals surface area contributed by atoms with E-state index in [9.17, 15) is 4.79 Å². The van der Waals surface area contributed by atoms with Crippen LogP contribution in [0.1, 0.15) is 24.6 Å². The molecule has 2 aromatic rings. The van der Waals surface area contributed by atoms with E-state index in [2.05, 4.69) is 64.3 Å². The van der Waals surface area contributed by atoms with E-state index in [4.69, 9.17) is 4.99 Å². The molecule has 3 heterocycles. The number of benzene rings is 1. The predicted molar refractivity (Wildman–Crippen MR) is 142 cm³/mol. The second-order valence-corrected chi connectivity index (χ2v) is 9.40. The average Bonchev–Trinajstić information content (AvgIpc) is 3.02. The monoisotopic (exact) mass is 467 g/mol. The minimum absolute atomic E-state index is 0.0203. The summed E-state index contributed by atoms with van der Waals surface area (Å²) in [5.41, 5.74) is 6.28. The second kappa shape index (κ2) is 10.4. The molecule has 2 aliphatic heterocycles. The molecule has 2 unspecified atom stereocenters. The van der Waals surface area contributed by atoms with Crippen molar-refractivity contribution in [2.24, 2.45) is 16.8 Å². The number of aromatic nitrogens is 1. The van der Waals surface area contributed by atoms with Gasteiger partial charge in [0.2, 0.25) is 5.91 Å². The molecule has 3 aliphatic rings. The van der Waals surface area contributed by atoms with Crippen molar-refractivity contribution >= 4 is 23.0 Å². The Morgan fingerprint density at radius 1 is 1.11 bits per heavy atom. The molecule has 1 aliphatic carbocycles. The lowest BCUT2D eigenvalue weighted by molar-refractivity contribution is -0.120. The third kappa shape index (κ3) is 5.13. The fraction of sp³-hybridized carbons (Fsp3) is 0.345. The Morgan fingerprint density at radius 2 is 1.97 bits per heavy atom. The van der Waals surface area contributed by atoms with Gasteiger partial charge >= 0.3 is 0 Å². The maximum atomic E-state index is 12.9. The molecule has 2 atom stereocenters. The predicted octanol–water partition coefficient (Wildman–Crippen LogP) is 4.57. The number of pyridine rings is 1. The highest BCUT2D eigenvalue weighted by atomic mass is 16.2. The summed E-state index contributed by atoms with van der Waals surface area (Å²) in [6, 6.07) is 12.6. The molecule has 0 bridgehead atoms. The molecule has 6 heteroatoms. The van der Waals surface area contributed by atoms with Gasteiger partial charge in [-0.25, -0.2) is 0 Å². The molecule has 1 amide bonds. The first-order chi connectivity index (χ1) is 17.1. The summed E-state index contributed by atoms with van der Waals surface area (Å²) in [5, 5.41) is 3.07. The molecule has 35 heavy (non-hydrogen) atoms. The first-order valence-corrected chi connectivity index (χ1v) is 12.5. The van der Waals surface area contributed by atoms with E-state index in [-0.39, 0.29) is 17.7 Å². The lowest BCUT2D eigenvalue weighted by Gasteiger charge is -2.36. The SMILES string of the molecule is CCC(=Nc1cc(N2CCN(Cc3ccccn3)CC2)ccc1C)C1C(=O)NC2=CC=CC=CC21. The van der Waals surface area contributed by atoms with E-state index in [0.717, 1.165) is 67.5 Å². The number of hydrogen-bond acceptors (Lipinski definition) is 5. The summed E-state index contributed by atoms with van der Waals surface area (Å²) in [5.74, 6) is -0.202. The van der Waals surface area contributed by atoms with Crippen molar-refractivity contribution in [1.29, 1.82) is 0 Å². The maximum absolute atomic E-state index is 12.9. The van der Waals surface area contributed by atoms with Crippen molar-refractivity contribution in [3.63, 3.8) is 0 Å². The lowest BCUT2D eigenvalue weighted by atomic mass is 9.87. The van der Waals surface area contributed by atoms with Gasteiger partial charge in [0.05, 0.1) is 17.3 Å². The number of fused-ring (bicyclic) bond motifs is 1. The number of aryl methyl sites for hydroxylation is 1. The molecule has 6 nitrogen and oxygen atoms in total. The number of anilines is 1. The molecule has 0 spiro atoms. The van der Waals surface area contributed by atoms with Gasteiger partial charge in [0, 0.05) is 61.9 Å². The summed E-state index contributed by atoms with van der Waals surface area (Å²) < 4.78 is 0. The maximum Gasteiger partial charge on any atom is 0.233 e. The molecule has 1 N–H and O–H groups in total. The lowest BCUT2D eigenvalue weighted by Crippen LogP contribution is -2.46. The van der Waals surface area contributed by atoms with Gasteiger partial charge in [0.15, 0.2) is 0 Å². The molecule has 2 fully saturated rings. The third-order valence-electron chi connectivity index (χ3n) is 7.11. The number of nitrogens with zero attached hydrogens (tertiary/aromatic N) is 4. The smallest absolute Gasteiger partial charge is 0.233 e. The van der Waals surface area contributed by atoms with Gasteiger partial charge in [-0.1, -0.05) is 43.4 Å². The Labute approximate surface area is 207 Å². The number of nitrogens with one attached hydrogen (secondary N) is 1. The van der Waals surface area contributed by atoms with Gasteiger partial charge in [-0.15, -0.1) is 0 Å². The zero-order chi connectivity index (χ0) is 24.2. The topological polar surface area (TPSA) is 60.8 Å². The number of carbonyl (C=O) groups excluding carboxylic acids is 1. The Bertz CT molecular complexity index is 1190. The third-order valence-corrected chi connectivity index (χ3v) is 7.11. The Kier molecular flexibility index (Phi) is 6.91. The van der Waals surface area contributed by atoms with E-state index >= 15 is 0 Å². The van der Waals surface area contributed by atoms with Crippen LogP contribution < -0.4 is 10.2 Å². The molecule has 180 valence electrons. The number of rotatable bonds is 6. The van der Waals surface area contributed by atoms with Crippen molar-refractivity contribution in [1.82, 2.24) is 15.2 Å². The van der Waals surface area contributed by atoms with Crippen LogP contribution in [-0.4, -0.2) is 47.7 Å². The van der Waals surface area contributed by atoms with Gasteiger partial charge < -0.3 is 10.2 Å². The molecule has 1 aromatic heterocycles. The highest BCUT2D eigenvalue weighted by molar-refractivity contribution is 6.08. The van der Waals surface area contributed by atoms with Crippen LogP contribution in [0.2, 0.25) is 0 Å². The van der Waals surface area contributed by atoms with Gasteiger partial charge in [0.1, 0.15) is 0 Å². The van der Waals surface area contributed by atoms with Crippen LogP contribution in [0.25, 0.3) is 0 Å². The van der Waals surface area contributed by atoms with E-state index in [0.29, 0.717) is 0 Å². The first kappa shape index (κ1) is 23.2. The molecule has 5 rings (SSSR count). The first-order valence-electron chi connectivity index (χ1n) is 12.5. The van der Waals surface area contributed by atoms with Crippen LogP contribution in [-0.2, 0) is 11.3 Å². The van der Waals surface area contributed by atoms with E-state index in [1.165, 1.54) is 5.69 Å². The zero-order valence-electron chi connectivity index (χ0n) is 20.5. The van der Waals surface area contributed by atoms with Gasteiger partial charge in [-0.05, 0) is 49.2 Å². The van der Waals surface area contributed by atoms with E-state index in [1.807, 2.05) is 42.6 Å². The summed E-state index contributed by atoms with van der Waals surface area (Å²) in [6.45, 7) is 9.02. The van der Waals surface area contributed by atoms with Gasteiger partial charge in [0.25, 0.3) is 0 Å². The van der Waals surface area contributed by atoms with Crippen LogP contribution in [0.5, 0.6) is 0 Å². The number of hydrogen-bond donors (Lipinski definition) is 1. The Hall–Kier alpha value is -3.51. The highest BCUT2D eigenvalue weighted by Crippen LogP contribution is 2.34. The Balaban J connectivity index is 1.32.